The first-order chi connectivity index (χ1) is 11.2. The van der Waals surface area contributed by atoms with E-state index in [0.717, 1.165) is 11.3 Å². The van der Waals surface area contributed by atoms with E-state index < -0.39 is 0 Å². The molecule has 2 heterocycles. The fourth-order valence-electron chi connectivity index (χ4n) is 2.03. The van der Waals surface area contributed by atoms with Crippen LogP contribution >= 0.6 is 11.3 Å². The van der Waals surface area contributed by atoms with Crippen molar-refractivity contribution in [1.29, 1.82) is 0 Å². The number of methoxy groups -OCH3 is 2. The molecule has 0 saturated carbocycles. The summed E-state index contributed by atoms with van der Waals surface area (Å²) in [6, 6.07) is 8.79. The predicted octanol–water partition coefficient (Wildman–Crippen LogP) is 3.67. The molecule has 0 spiro atoms. The minimum atomic E-state index is -0.330. The Labute approximate surface area is 136 Å². The predicted molar refractivity (Wildman–Crippen MR) is 87.3 cm³/mol. The lowest BCUT2D eigenvalue weighted by atomic mass is 10.1. The molecule has 0 aliphatic rings. The molecule has 0 radical (unpaired) electrons. The van der Waals surface area contributed by atoms with Crippen molar-refractivity contribution in [2.75, 3.05) is 19.5 Å². The zero-order valence-corrected chi connectivity index (χ0v) is 13.3. The lowest BCUT2D eigenvalue weighted by Crippen LogP contribution is -2.10. The van der Waals surface area contributed by atoms with E-state index in [1.807, 2.05) is 23.6 Å². The van der Waals surface area contributed by atoms with Crippen molar-refractivity contribution < 1.29 is 18.7 Å². The monoisotopic (exact) mass is 330 g/mol. The normalized spacial score (nSPS) is 10.3. The van der Waals surface area contributed by atoms with Gasteiger partial charge in [-0.1, -0.05) is 0 Å². The number of ether oxygens (including phenoxy) is 2. The van der Waals surface area contributed by atoms with Gasteiger partial charge >= 0.3 is 0 Å². The Bertz CT molecular complexity index is 811. The first-order valence-electron chi connectivity index (χ1n) is 6.74. The van der Waals surface area contributed by atoms with Crippen LogP contribution in [-0.2, 0) is 0 Å². The number of hydrogen-bond donors (Lipinski definition) is 1. The molecule has 1 N–H and O–H groups in total. The molecule has 3 aromatic rings. The van der Waals surface area contributed by atoms with Gasteiger partial charge in [0.25, 0.3) is 5.91 Å². The Balaban J connectivity index is 1.80. The van der Waals surface area contributed by atoms with Crippen LogP contribution in [0.4, 0.5) is 5.13 Å². The number of aromatic nitrogens is 1. The number of nitrogens with zero attached hydrogens (tertiary/aromatic N) is 1. The van der Waals surface area contributed by atoms with Gasteiger partial charge in [-0.15, -0.1) is 11.3 Å². The second-order valence-corrected chi connectivity index (χ2v) is 5.40. The number of thiazole rings is 1. The minimum absolute atomic E-state index is 0.243. The van der Waals surface area contributed by atoms with Crippen LogP contribution in [0, 0.1) is 0 Å². The van der Waals surface area contributed by atoms with Crippen molar-refractivity contribution in [3.05, 3.63) is 47.7 Å². The highest BCUT2D eigenvalue weighted by Crippen LogP contribution is 2.33. The lowest BCUT2D eigenvalue weighted by Gasteiger charge is -2.08. The van der Waals surface area contributed by atoms with Crippen molar-refractivity contribution in [1.82, 2.24) is 4.98 Å². The van der Waals surface area contributed by atoms with Gasteiger partial charge in [0.15, 0.2) is 22.4 Å². The average Bonchev–Trinajstić information content (AvgIpc) is 3.25. The van der Waals surface area contributed by atoms with Gasteiger partial charge in [-0.25, -0.2) is 4.98 Å². The van der Waals surface area contributed by atoms with E-state index in [9.17, 15) is 4.79 Å². The number of benzene rings is 1. The average molecular weight is 330 g/mol. The molecule has 7 heteroatoms. The molecule has 1 aromatic carbocycles. The third kappa shape index (κ3) is 3.19. The summed E-state index contributed by atoms with van der Waals surface area (Å²) in [5.74, 6) is 1.19. The molecule has 1 amide bonds. The summed E-state index contributed by atoms with van der Waals surface area (Å²) in [7, 11) is 3.17. The summed E-state index contributed by atoms with van der Waals surface area (Å²) < 4.78 is 15.6. The zero-order chi connectivity index (χ0) is 16.2. The molecule has 0 aliphatic heterocycles. The van der Waals surface area contributed by atoms with E-state index in [0.29, 0.717) is 16.6 Å². The molecule has 118 valence electrons. The van der Waals surface area contributed by atoms with Crippen LogP contribution in [0.5, 0.6) is 11.5 Å². The number of anilines is 1. The number of carbonyl (C=O) groups is 1. The van der Waals surface area contributed by atoms with Gasteiger partial charge in [-0.2, -0.15) is 0 Å². The molecule has 23 heavy (non-hydrogen) atoms. The molecule has 0 aliphatic carbocycles. The first-order valence-corrected chi connectivity index (χ1v) is 7.62. The van der Waals surface area contributed by atoms with Crippen LogP contribution in [0.2, 0.25) is 0 Å². The summed E-state index contributed by atoms with van der Waals surface area (Å²) in [5, 5.41) is 5.06. The topological polar surface area (TPSA) is 73.6 Å². The summed E-state index contributed by atoms with van der Waals surface area (Å²) in [6.45, 7) is 0. The number of amides is 1. The van der Waals surface area contributed by atoms with Crippen molar-refractivity contribution in [3.63, 3.8) is 0 Å². The SMILES string of the molecule is COc1ccc(-c2csc(NC(=O)c3ccco3)n2)cc1OC. The molecule has 0 fully saturated rings. The van der Waals surface area contributed by atoms with Gasteiger partial charge in [0.1, 0.15) is 0 Å². The van der Waals surface area contributed by atoms with Crippen LogP contribution in [0.1, 0.15) is 10.6 Å². The Morgan fingerprint density at radius 2 is 2.04 bits per heavy atom. The second kappa shape index (κ2) is 6.53. The van der Waals surface area contributed by atoms with Gasteiger partial charge in [0.05, 0.1) is 26.2 Å². The summed E-state index contributed by atoms with van der Waals surface area (Å²) in [4.78, 5) is 16.3. The molecule has 2 aromatic heterocycles. The highest BCUT2D eigenvalue weighted by atomic mass is 32.1. The summed E-state index contributed by atoms with van der Waals surface area (Å²) >= 11 is 1.34. The van der Waals surface area contributed by atoms with Gasteiger partial charge in [-0.3, -0.25) is 10.1 Å². The minimum Gasteiger partial charge on any atom is -0.493 e. The molecule has 0 bridgehead atoms. The number of hydrogen-bond acceptors (Lipinski definition) is 6. The van der Waals surface area contributed by atoms with E-state index in [2.05, 4.69) is 10.3 Å². The molecule has 6 nitrogen and oxygen atoms in total. The van der Waals surface area contributed by atoms with Crippen molar-refractivity contribution in [2.45, 2.75) is 0 Å². The van der Waals surface area contributed by atoms with Crippen LogP contribution < -0.4 is 14.8 Å². The van der Waals surface area contributed by atoms with Gasteiger partial charge in [0, 0.05) is 10.9 Å². The van der Waals surface area contributed by atoms with Crippen LogP contribution in [0.25, 0.3) is 11.3 Å². The molecular formula is C16H14N2O4S. The number of nitrogens with one attached hydrogen (secondary N) is 1. The molecule has 0 saturated heterocycles. The molecule has 0 unspecified atom stereocenters. The lowest BCUT2D eigenvalue weighted by molar-refractivity contribution is 0.0996. The Morgan fingerprint density at radius 3 is 2.74 bits per heavy atom. The van der Waals surface area contributed by atoms with Crippen LogP contribution in [-0.4, -0.2) is 25.1 Å². The van der Waals surface area contributed by atoms with Crippen LogP contribution in [0.15, 0.2) is 46.4 Å². The Kier molecular flexibility index (Phi) is 4.29. The van der Waals surface area contributed by atoms with E-state index in [1.165, 1.54) is 17.6 Å². The standard InChI is InChI=1S/C16H14N2O4S/c1-20-12-6-5-10(8-14(12)21-2)11-9-23-16(17-11)18-15(19)13-4-3-7-22-13/h3-9H,1-2H3,(H,17,18,19). The van der Waals surface area contributed by atoms with Gasteiger partial charge in [0.2, 0.25) is 0 Å². The van der Waals surface area contributed by atoms with Gasteiger partial charge < -0.3 is 13.9 Å². The van der Waals surface area contributed by atoms with E-state index in [-0.39, 0.29) is 11.7 Å². The molecular weight excluding hydrogens is 316 g/mol. The van der Waals surface area contributed by atoms with Crippen molar-refractivity contribution in [3.8, 4) is 22.8 Å². The van der Waals surface area contributed by atoms with Crippen molar-refractivity contribution in [2.24, 2.45) is 0 Å². The Morgan fingerprint density at radius 1 is 1.22 bits per heavy atom. The maximum Gasteiger partial charge on any atom is 0.293 e. The largest absolute Gasteiger partial charge is 0.493 e. The van der Waals surface area contributed by atoms with Crippen molar-refractivity contribution >= 4 is 22.4 Å². The second-order valence-electron chi connectivity index (χ2n) is 4.54. The fourth-order valence-corrected chi connectivity index (χ4v) is 2.74. The number of furan rings is 1. The molecule has 3 rings (SSSR count). The third-order valence-electron chi connectivity index (χ3n) is 3.15. The van der Waals surface area contributed by atoms with E-state index in [1.54, 1.807) is 26.4 Å². The van der Waals surface area contributed by atoms with E-state index in [4.69, 9.17) is 13.9 Å². The maximum atomic E-state index is 11.9. The van der Waals surface area contributed by atoms with E-state index >= 15 is 0 Å². The first kappa shape index (κ1) is 15.1. The molecule has 0 atom stereocenters. The zero-order valence-electron chi connectivity index (χ0n) is 12.5. The number of rotatable bonds is 5. The number of carbonyl (C=O) groups excluding carboxylic acids is 1. The van der Waals surface area contributed by atoms with Gasteiger partial charge in [-0.05, 0) is 30.3 Å². The smallest absolute Gasteiger partial charge is 0.293 e. The maximum absolute atomic E-state index is 11.9. The highest BCUT2D eigenvalue weighted by Gasteiger charge is 2.13. The summed E-state index contributed by atoms with van der Waals surface area (Å²) in [5.41, 5.74) is 1.61. The highest BCUT2D eigenvalue weighted by molar-refractivity contribution is 7.14. The Hall–Kier alpha value is -2.80. The quantitative estimate of drug-likeness (QED) is 0.772. The fraction of sp³-hybridized carbons (Fsp3) is 0.125. The summed E-state index contributed by atoms with van der Waals surface area (Å²) in [6.07, 6.45) is 1.45. The van der Waals surface area contributed by atoms with Crippen LogP contribution in [0.3, 0.4) is 0 Å². The third-order valence-corrected chi connectivity index (χ3v) is 3.91.